The van der Waals surface area contributed by atoms with Crippen LogP contribution in [0.25, 0.3) is 11.0 Å². The zero-order valence-electron chi connectivity index (χ0n) is 13.8. The lowest BCUT2D eigenvalue weighted by molar-refractivity contribution is 0.660. The van der Waals surface area contributed by atoms with Crippen LogP contribution in [-0.4, -0.2) is 29.5 Å². The van der Waals surface area contributed by atoms with E-state index in [-0.39, 0.29) is 0 Å². The molecule has 0 aliphatic carbocycles. The highest BCUT2D eigenvalue weighted by molar-refractivity contribution is 5.75. The standard InChI is InChI=1S/C17H18N8/c1-2-24-11-14(9-20-24)22-17-19-7-13-8-21-25(16(13)23-17)10-12-5-3-4-6-15(12)18/h3-9,11H,2,10,18H2,1H3,(H,19,22,23). The predicted octanol–water partition coefficient (Wildman–Crippen LogP) is 2.42. The van der Waals surface area contributed by atoms with Crippen LogP contribution < -0.4 is 11.1 Å². The number of para-hydroxylation sites is 1. The first kappa shape index (κ1) is 15.1. The first-order chi connectivity index (χ1) is 12.2. The molecule has 8 nitrogen and oxygen atoms in total. The summed E-state index contributed by atoms with van der Waals surface area (Å²) in [5.41, 5.74) is 9.38. The van der Waals surface area contributed by atoms with E-state index in [1.807, 2.05) is 46.7 Å². The normalized spacial score (nSPS) is 11.1. The average molecular weight is 334 g/mol. The Bertz CT molecular complexity index is 1020. The molecular weight excluding hydrogens is 316 g/mol. The van der Waals surface area contributed by atoms with Gasteiger partial charge in [-0.05, 0) is 18.6 Å². The number of aromatic nitrogens is 6. The van der Waals surface area contributed by atoms with Gasteiger partial charge in [0.25, 0.3) is 0 Å². The lowest BCUT2D eigenvalue weighted by Gasteiger charge is -2.07. The second-order valence-corrected chi connectivity index (χ2v) is 5.68. The summed E-state index contributed by atoms with van der Waals surface area (Å²) in [4.78, 5) is 8.93. The van der Waals surface area contributed by atoms with Gasteiger partial charge < -0.3 is 11.1 Å². The van der Waals surface area contributed by atoms with Crippen molar-refractivity contribution < 1.29 is 0 Å². The number of rotatable bonds is 5. The Morgan fingerprint density at radius 3 is 2.80 bits per heavy atom. The number of nitrogens with zero attached hydrogens (tertiary/aromatic N) is 6. The molecule has 0 saturated carbocycles. The molecule has 3 N–H and O–H groups in total. The molecule has 3 aromatic heterocycles. The second-order valence-electron chi connectivity index (χ2n) is 5.68. The molecule has 4 aromatic rings. The highest BCUT2D eigenvalue weighted by Crippen LogP contribution is 2.18. The molecule has 8 heteroatoms. The van der Waals surface area contributed by atoms with Crippen molar-refractivity contribution in [3.05, 3.63) is 54.6 Å². The van der Waals surface area contributed by atoms with Gasteiger partial charge in [-0.1, -0.05) is 18.2 Å². The molecule has 0 spiro atoms. The Balaban J connectivity index is 1.64. The maximum Gasteiger partial charge on any atom is 0.229 e. The van der Waals surface area contributed by atoms with E-state index >= 15 is 0 Å². The minimum atomic E-state index is 0.505. The highest BCUT2D eigenvalue weighted by atomic mass is 15.3. The van der Waals surface area contributed by atoms with E-state index in [0.29, 0.717) is 12.5 Å². The van der Waals surface area contributed by atoms with Crippen LogP contribution in [0.1, 0.15) is 12.5 Å². The smallest absolute Gasteiger partial charge is 0.229 e. The van der Waals surface area contributed by atoms with E-state index in [1.165, 1.54) is 0 Å². The fourth-order valence-electron chi connectivity index (χ4n) is 2.61. The number of anilines is 3. The van der Waals surface area contributed by atoms with Crippen molar-refractivity contribution in [1.82, 2.24) is 29.5 Å². The van der Waals surface area contributed by atoms with Crippen LogP contribution in [-0.2, 0) is 13.1 Å². The molecule has 25 heavy (non-hydrogen) atoms. The molecule has 0 amide bonds. The van der Waals surface area contributed by atoms with Gasteiger partial charge in [-0.2, -0.15) is 15.2 Å². The zero-order chi connectivity index (χ0) is 17.2. The Morgan fingerprint density at radius 2 is 2.00 bits per heavy atom. The Morgan fingerprint density at radius 1 is 1.12 bits per heavy atom. The van der Waals surface area contributed by atoms with Gasteiger partial charge in [0.2, 0.25) is 5.95 Å². The molecule has 0 saturated heterocycles. The van der Waals surface area contributed by atoms with E-state index in [4.69, 9.17) is 5.73 Å². The largest absolute Gasteiger partial charge is 0.398 e. The average Bonchev–Trinajstić information content (AvgIpc) is 3.24. The van der Waals surface area contributed by atoms with Gasteiger partial charge in [0.1, 0.15) is 0 Å². The van der Waals surface area contributed by atoms with Crippen LogP contribution in [0.4, 0.5) is 17.3 Å². The minimum Gasteiger partial charge on any atom is -0.398 e. The van der Waals surface area contributed by atoms with Crippen LogP contribution >= 0.6 is 0 Å². The summed E-state index contributed by atoms with van der Waals surface area (Å²) in [6.07, 6.45) is 7.18. The van der Waals surface area contributed by atoms with Gasteiger partial charge in [-0.15, -0.1) is 0 Å². The van der Waals surface area contributed by atoms with Crippen molar-refractivity contribution in [1.29, 1.82) is 0 Å². The number of nitrogens with two attached hydrogens (primary N) is 1. The fraction of sp³-hybridized carbons (Fsp3) is 0.176. The number of nitrogens with one attached hydrogen (secondary N) is 1. The van der Waals surface area contributed by atoms with Crippen molar-refractivity contribution in [2.45, 2.75) is 20.0 Å². The van der Waals surface area contributed by atoms with E-state index in [9.17, 15) is 0 Å². The SMILES string of the molecule is CCn1cc(Nc2ncc3cnn(Cc4ccccc4N)c3n2)cn1. The molecule has 3 heterocycles. The van der Waals surface area contributed by atoms with E-state index in [2.05, 4.69) is 25.5 Å². The molecule has 0 bridgehead atoms. The van der Waals surface area contributed by atoms with Crippen molar-refractivity contribution in [2.75, 3.05) is 11.1 Å². The number of aryl methyl sites for hydroxylation is 1. The summed E-state index contributed by atoms with van der Waals surface area (Å²) < 4.78 is 3.66. The van der Waals surface area contributed by atoms with Gasteiger partial charge in [0, 0.05) is 24.6 Å². The van der Waals surface area contributed by atoms with E-state index in [0.717, 1.165) is 34.5 Å². The third-order valence-electron chi connectivity index (χ3n) is 3.97. The number of benzene rings is 1. The lowest BCUT2D eigenvalue weighted by atomic mass is 10.2. The monoisotopic (exact) mass is 334 g/mol. The van der Waals surface area contributed by atoms with Crippen LogP contribution in [0.2, 0.25) is 0 Å². The quantitative estimate of drug-likeness (QED) is 0.544. The molecule has 0 fully saturated rings. The molecule has 0 radical (unpaired) electrons. The summed E-state index contributed by atoms with van der Waals surface area (Å²) in [6.45, 7) is 3.40. The molecule has 126 valence electrons. The van der Waals surface area contributed by atoms with E-state index in [1.54, 1.807) is 18.6 Å². The van der Waals surface area contributed by atoms with Crippen molar-refractivity contribution in [3.63, 3.8) is 0 Å². The van der Waals surface area contributed by atoms with Gasteiger partial charge in [0.05, 0.1) is 30.0 Å². The number of nitrogen functional groups attached to an aromatic ring is 1. The molecule has 0 aliphatic heterocycles. The fourth-order valence-corrected chi connectivity index (χ4v) is 2.61. The number of fused-ring (bicyclic) bond motifs is 1. The zero-order valence-corrected chi connectivity index (χ0v) is 13.8. The molecule has 0 aliphatic rings. The highest BCUT2D eigenvalue weighted by Gasteiger charge is 2.09. The van der Waals surface area contributed by atoms with E-state index < -0.39 is 0 Å². The Hall–Kier alpha value is -3.42. The Labute approximate surface area is 144 Å². The summed E-state index contributed by atoms with van der Waals surface area (Å²) >= 11 is 0. The van der Waals surface area contributed by atoms with Gasteiger partial charge in [-0.25, -0.2) is 9.67 Å². The minimum absolute atomic E-state index is 0.505. The molecule has 4 rings (SSSR count). The summed E-state index contributed by atoms with van der Waals surface area (Å²) in [5.74, 6) is 0.505. The Kier molecular flexibility index (Phi) is 3.77. The van der Waals surface area contributed by atoms with Gasteiger partial charge in [-0.3, -0.25) is 4.68 Å². The summed E-state index contributed by atoms with van der Waals surface area (Å²) in [6, 6.07) is 7.75. The van der Waals surface area contributed by atoms with Crippen LogP contribution in [0.3, 0.4) is 0 Å². The summed E-state index contributed by atoms with van der Waals surface area (Å²) in [5, 5.41) is 12.7. The van der Waals surface area contributed by atoms with Crippen molar-refractivity contribution >= 4 is 28.4 Å². The predicted molar refractivity (Wildman–Crippen MR) is 96.5 cm³/mol. The number of hydrogen-bond donors (Lipinski definition) is 2. The molecule has 0 unspecified atom stereocenters. The second kappa shape index (κ2) is 6.23. The third kappa shape index (κ3) is 3.01. The topological polar surface area (TPSA) is 99.5 Å². The van der Waals surface area contributed by atoms with Gasteiger partial charge >= 0.3 is 0 Å². The van der Waals surface area contributed by atoms with Crippen molar-refractivity contribution in [3.8, 4) is 0 Å². The van der Waals surface area contributed by atoms with Crippen LogP contribution in [0.5, 0.6) is 0 Å². The maximum absolute atomic E-state index is 6.03. The number of hydrogen-bond acceptors (Lipinski definition) is 6. The molecule has 1 aromatic carbocycles. The first-order valence-electron chi connectivity index (χ1n) is 8.04. The van der Waals surface area contributed by atoms with Crippen molar-refractivity contribution in [2.24, 2.45) is 0 Å². The molecule has 0 atom stereocenters. The third-order valence-corrected chi connectivity index (χ3v) is 3.97. The van der Waals surface area contributed by atoms with Gasteiger partial charge in [0.15, 0.2) is 5.65 Å². The maximum atomic E-state index is 6.03. The van der Waals surface area contributed by atoms with Crippen LogP contribution in [0, 0.1) is 0 Å². The lowest BCUT2D eigenvalue weighted by Crippen LogP contribution is -2.06. The molecular formula is C17H18N8. The first-order valence-corrected chi connectivity index (χ1v) is 8.04. The van der Waals surface area contributed by atoms with Crippen LogP contribution in [0.15, 0.2) is 49.1 Å². The summed E-state index contributed by atoms with van der Waals surface area (Å²) in [7, 11) is 0.